The normalized spacial score (nSPS) is 13.3. The van der Waals surface area contributed by atoms with E-state index in [0.717, 1.165) is 0 Å². The van der Waals surface area contributed by atoms with Gasteiger partial charge in [0.05, 0.1) is 0 Å². The molecule has 1 aromatic rings. The van der Waals surface area contributed by atoms with E-state index in [-0.39, 0.29) is 18.6 Å². The summed E-state index contributed by atoms with van der Waals surface area (Å²) in [5.41, 5.74) is 5.76. The van der Waals surface area contributed by atoms with Gasteiger partial charge in [-0.15, -0.1) is 0 Å². The number of hydrogen-bond acceptors (Lipinski definition) is 5. The fourth-order valence-electron chi connectivity index (χ4n) is 2.16. The van der Waals surface area contributed by atoms with Gasteiger partial charge in [-0.1, -0.05) is 36.8 Å². The molecule has 23 heavy (non-hydrogen) atoms. The standard InChI is InChI=1S/C16H22N2O5/c17-9-5-4-8-12(15(20)21)18-13(16(22)23)10-14(19)11-6-2-1-3-7-11/h1-3,6-7,12-13,18H,4-5,8-10,17H2,(H,20,21)(H,22,23)/t12-,13-/m0/s1. The van der Waals surface area contributed by atoms with Crippen molar-refractivity contribution in [3.05, 3.63) is 35.9 Å². The third-order valence-corrected chi connectivity index (χ3v) is 3.43. The third kappa shape index (κ3) is 6.58. The van der Waals surface area contributed by atoms with E-state index in [2.05, 4.69) is 5.32 Å². The van der Waals surface area contributed by atoms with Gasteiger partial charge in [0, 0.05) is 12.0 Å². The number of rotatable bonds is 11. The van der Waals surface area contributed by atoms with Crippen molar-refractivity contribution in [2.24, 2.45) is 5.73 Å². The monoisotopic (exact) mass is 322 g/mol. The predicted octanol–water partition coefficient (Wildman–Crippen LogP) is 0.884. The van der Waals surface area contributed by atoms with E-state index in [4.69, 9.17) is 5.73 Å². The molecule has 7 nitrogen and oxygen atoms in total. The molecule has 0 unspecified atom stereocenters. The molecule has 0 fully saturated rings. The van der Waals surface area contributed by atoms with Crippen molar-refractivity contribution in [2.75, 3.05) is 6.54 Å². The summed E-state index contributed by atoms with van der Waals surface area (Å²) < 4.78 is 0. The van der Waals surface area contributed by atoms with E-state index in [1.165, 1.54) is 0 Å². The quantitative estimate of drug-likeness (QED) is 0.351. The maximum atomic E-state index is 12.1. The van der Waals surface area contributed by atoms with Crippen LogP contribution in [0, 0.1) is 0 Å². The van der Waals surface area contributed by atoms with Crippen molar-refractivity contribution in [1.82, 2.24) is 5.32 Å². The van der Waals surface area contributed by atoms with Crippen LogP contribution in [0.15, 0.2) is 30.3 Å². The van der Waals surface area contributed by atoms with Gasteiger partial charge in [-0.3, -0.25) is 19.7 Å². The number of nitrogens with one attached hydrogen (secondary N) is 1. The number of benzene rings is 1. The molecule has 7 heteroatoms. The van der Waals surface area contributed by atoms with Gasteiger partial charge < -0.3 is 15.9 Å². The number of carboxylic acids is 2. The summed E-state index contributed by atoms with van der Waals surface area (Å²) in [6.07, 6.45) is 1.18. The first kappa shape index (κ1) is 18.8. The zero-order chi connectivity index (χ0) is 17.2. The second-order valence-electron chi connectivity index (χ2n) is 5.23. The fourth-order valence-corrected chi connectivity index (χ4v) is 2.16. The van der Waals surface area contributed by atoms with Crippen LogP contribution in [0.2, 0.25) is 0 Å². The van der Waals surface area contributed by atoms with Crippen LogP contribution in [0.5, 0.6) is 0 Å². The van der Waals surface area contributed by atoms with E-state index in [9.17, 15) is 24.6 Å². The molecule has 2 atom stereocenters. The lowest BCUT2D eigenvalue weighted by molar-refractivity contribution is -0.142. The molecule has 126 valence electrons. The summed E-state index contributed by atoms with van der Waals surface area (Å²) >= 11 is 0. The van der Waals surface area contributed by atoms with Gasteiger partial charge in [-0.25, -0.2) is 0 Å². The minimum absolute atomic E-state index is 0.260. The van der Waals surface area contributed by atoms with Gasteiger partial charge in [-0.2, -0.15) is 0 Å². The van der Waals surface area contributed by atoms with Crippen LogP contribution in [-0.2, 0) is 9.59 Å². The Labute approximate surface area is 134 Å². The Balaban J connectivity index is 2.71. The zero-order valence-electron chi connectivity index (χ0n) is 12.8. The molecule has 0 spiro atoms. The minimum atomic E-state index is -1.25. The Kier molecular flexibility index (Phi) is 7.93. The molecule has 0 heterocycles. The zero-order valence-corrected chi connectivity index (χ0v) is 12.8. The highest BCUT2D eigenvalue weighted by atomic mass is 16.4. The molecule has 1 aromatic carbocycles. The molecule has 0 radical (unpaired) electrons. The molecule has 0 amide bonds. The number of carbonyl (C=O) groups excluding carboxylic acids is 1. The number of unbranched alkanes of at least 4 members (excludes halogenated alkanes) is 1. The van der Waals surface area contributed by atoms with Crippen molar-refractivity contribution >= 4 is 17.7 Å². The second-order valence-corrected chi connectivity index (χ2v) is 5.23. The van der Waals surface area contributed by atoms with E-state index in [1.807, 2.05) is 0 Å². The highest BCUT2D eigenvalue weighted by Gasteiger charge is 2.27. The number of nitrogens with two attached hydrogens (primary N) is 1. The highest BCUT2D eigenvalue weighted by molar-refractivity contribution is 5.98. The summed E-state index contributed by atoms with van der Waals surface area (Å²) in [7, 11) is 0. The minimum Gasteiger partial charge on any atom is -0.480 e. The van der Waals surface area contributed by atoms with Crippen molar-refractivity contribution in [3.63, 3.8) is 0 Å². The van der Waals surface area contributed by atoms with Gasteiger partial charge in [0.15, 0.2) is 5.78 Å². The predicted molar refractivity (Wildman–Crippen MR) is 84.3 cm³/mol. The number of ketones is 1. The van der Waals surface area contributed by atoms with Crippen molar-refractivity contribution in [2.45, 2.75) is 37.8 Å². The Morgan fingerprint density at radius 1 is 1.00 bits per heavy atom. The van der Waals surface area contributed by atoms with E-state index < -0.39 is 24.0 Å². The second kappa shape index (κ2) is 9.70. The summed E-state index contributed by atoms with van der Waals surface area (Å²) in [4.78, 5) is 34.7. The fraction of sp³-hybridized carbons (Fsp3) is 0.438. The largest absolute Gasteiger partial charge is 0.480 e. The summed E-state index contributed by atoms with van der Waals surface area (Å²) in [5, 5.41) is 21.0. The maximum Gasteiger partial charge on any atom is 0.321 e. The number of carbonyl (C=O) groups is 3. The highest BCUT2D eigenvalue weighted by Crippen LogP contribution is 2.09. The molecular formula is C16H22N2O5. The van der Waals surface area contributed by atoms with Crippen LogP contribution >= 0.6 is 0 Å². The van der Waals surface area contributed by atoms with Gasteiger partial charge >= 0.3 is 11.9 Å². The molecule has 5 N–H and O–H groups in total. The molecule has 0 aliphatic heterocycles. The molecule has 0 aliphatic rings. The molecular weight excluding hydrogens is 300 g/mol. The molecule has 0 saturated carbocycles. The summed E-state index contributed by atoms with van der Waals surface area (Å²) in [6.45, 7) is 0.446. The third-order valence-electron chi connectivity index (χ3n) is 3.43. The van der Waals surface area contributed by atoms with E-state index in [1.54, 1.807) is 30.3 Å². The Hall–Kier alpha value is -2.25. The summed E-state index contributed by atoms with van der Waals surface area (Å²) in [5.74, 6) is -2.74. The lowest BCUT2D eigenvalue weighted by Gasteiger charge is -2.20. The Morgan fingerprint density at radius 2 is 1.61 bits per heavy atom. The van der Waals surface area contributed by atoms with Crippen molar-refractivity contribution < 1.29 is 24.6 Å². The first-order chi connectivity index (χ1) is 11.0. The van der Waals surface area contributed by atoms with Crippen LogP contribution < -0.4 is 11.1 Å². The number of hydrogen-bond donors (Lipinski definition) is 4. The Bertz CT molecular complexity index is 533. The van der Waals surface area contributed by atoms with Crippen LogP contribution in [0.1, 0.15) is 36.0 Å². The van der Waals surface area contributed by atoms with E-state index >= 15 is 0 Å². The maximum absolute atomic E-state index is 12.1. The van der Waals surface area contributed by atoms with Crippen LogP contribution in [0.3, 0.4) is 0 Å². The van der Waals surface area contributed by atoms with Crippen LogP contribution in [-0.4, -0.2) is 46.6 Å². The van der Waals surface area contributed by atoms with Gasteiger partial charge in [0.25, 0.3) is 0 Å². The SMILES string of the molecule is NCCCC[C@H](N[C@@H](CC(=O)c1ccccc1)C(=O)O)C(=O)O. The molecule has 0 saturated heterocycles. The topological polar surface area (TPSA) is 130 Å². The smallest absolute Gasteiger partial charge is 0.321 e. The first-order valence-electron chi connectivity index (χ1n) is 7.45. The number of aliphatic carboxylic acids is 2. The number of carboxylic acid groups (broad SMARTS) is 2. The average molecular weight is 322 g/mol. The molecule has 0 aromatic heterocycles. The molecule has 0 aliphatic carbocycles. The lowest BCUT2D eigenvalue weighted by Crippen LogP contribution is -2.48. The van der Waals surface area contributed by atoms with E-state index in [0.29, 0.717) is 24.9 Å². The average Bonchev–Trinajstić information content (AvgIpc) is 2.53. The summed E-state index contributed by atoms with van der Waals surface area (Å²) in [6, 6.07) is 6.04. The number of Topliss-reactive ketones (excluding diaryl/α,β-unsaturated/α-hetero) is 1. The molecule has 0 bridgehead atoms. The van der Waals surface area contributed by atoms with Crippen molar-refractivity contribution in [3.8, 4) is 0 Å². The van der Waals surface area contributed by atoms with Gasteiger partial charge in [-0.05, 0) is 19.4 Å². The Morgan fingerprint density at radius 3 is 2.13 bits per heavy atom. The molecule has 1 rings (SSSR count). The van der Waals surface area contributed by atoms with Gasteiger partial charge in [0.2, 0.25) is 0 Å². The van der Waals surface area contributed by atoms with Crippen LogP contribution in [0.25, 0.3) is 0 Å². The lowest BCUT2D eigenvalue weighted by atomic mass is 10.0. The first-order valence-corrected chi connectivity index (χ1v) is 7.45. The van der Waals surface area contributed by atoms with Crippen molar-refractivity contribution in [1.29, 1.82) is 0 Å². The van der Waals surface area contributed by atoms with Crippen LogP contribution in [0.4, 0.5) is 0 Å². The van der Waals surface area contributed by atoms with Gasteiger partial charge in [0.1, 0.15) is 12.1 Å².